The molecule has 1 fully saturated rings. The van der Waals surface area contributed by atoms with Gasteiger partial charge in [0.25, 0.3) is 0 Å². The second kappa shape index (κ2) is 4.33. The van der Waals surface area contributed by atoms with Gasteiger partial charge in [0.2, 0.25) is 5.91 Å². The zero-order valence-corrected chi connectivity index (χ0v) is 9.12. The van der Waals surface area contributed by atoms with E-state index in [1.165, 1.54) is 12.2 Å². The molecule has 76 valence electrons. The van der Waals surface area contributed by atoms with E-state index in [1.807, 2.05) is 11.8 Å². The molecule has 1 amide bonds. The van der Waals surface area contributed by atoms with Gasteiger partial charge in [0.1, 0.15) is 0 Å². The maximum Gasteiger partial charge on any atom is 0.239 e. The first-order valence-electron chi connectivity index (χ1n) is 4.68. The van der Waals surface area contributed by atoms with Crippen LogP contribution in [0.1, 0.15) is 26.7 Å². The first-order chi connectivity index (χ1) is 6.00. The van der Waals surface area contributed by atoms with Crippen molar-refractivity contribution in [3.8, 4) is 0 Å². The third-order valence-electron chi connectivity index (χ3n) is 2.08. The molecular weight excluding hydrogens is 184 g/mol. The van der Waals surface area contributed by atoms with Crippen molar-refractivity contribution in [1.29, 1.82) is 0 Å². The molecule has 1 rings (SSSR count). The standard InChI is InChI=1S/C9H18N2OS/c1-9(2,10)8(12)11-7-4-3-5-13-6-7/h7H,3-6,10H2,1-2H3,(H,11,12). The highest BCUT2D eigenvalue weighted by molar-refractivity contribution is 7.99. The second-order valence-corrected chi connectivity index (χ2v) is 5.26. The van der Waals surface area contributed by atoms with E-state index in [-0.39, 0.29) is 5.91 Å². The normalized spacial score (nSPS) is 24.1. The van der Waals surface area contributed by atoms with Crippen LogP contribution in [0.5, 0.6) is 0 Å². The van der Waals surface area contributed by atoms with Crippen molar-refractivity contribution in [3.05, 3.63) is 0 Å². The molecule has 13 heavy (non-hydrogen) atoms. The van der Waals surface area contributed by atoms with E-state index in [4.69, 9.17) is 5.73 Å². The van der Waals surface area contributed by atoms with Crippen molar-refractivity contribution in [2.45, 2.75) is 38.3 Å². The molecule has 1 atom stereocenters. The van der Waals surface area contributed by atoms with E-state index in [9.17, 15) is 4.79 Å². The Labute approximate surface area is 83.8 Å². The third-order valence-corrected chi connectivity index (χ3v) is 3.30. The Hall–Kier alpha value is -0.220. The Morgan fingerprint density at radius 3 is 2.77 bits per heavy atom. The van der Waals surface area contributed by atoms with E-state index < -0.39 is 5.54 Å². The van der Waals surface area contributed by atoms with Crippen molar-refractivity contribution in [3.63, 3.8) is 0 Å². The van der Waals surface area contributed by atoms with Crippen LogP contribution < -0.4 is 11.1 Å². The van der Waals surface area contributed by atoms with Crippen LogP contribution in [-0.4, -0.2) is 29.0 Å². The van der Waals surface area contributed by atoms with E-state index in [2.05, 4.69) is 5.32 Å². The molecule has 1 heterocycles. The zero-order chi connectivity index (χ0) is 9.90. The van der Waals surface area contributed by atoms with Crippen molar-refractivity contribution in [2.24, 2.45) is 5.73 Å². The lowest BCUT2D eigenvalue weighted by Crippen LogP contribution is -2.53. The summed E-state index contributed by atoms with van der Waals surface area (Å²) in [5.41, 5.74) is 4.93. The van der Waals surface area contributed by atoms with Crippen LogP contribution >= 0.6 is 11.8 Å². The van der Waals surface area contributed by atoms with Crippen LogP contribution in [0.4, 0.5) is 0 Å². The molecule has 0 saturated carbocycles. The topological polar surface area (TPSA) is 55.1 Å². The molecule has 4 heteroatoms. The maximum absolute atomic E-state index is 11.5. The number of hydrogen-bond acceptors (Lipinski definition) is 3. The molecule has 1 saturated heterocycles. The van der Waals surface area contributed by atoms with Gasteiger partial charge in [-0.25, -0.2) is 0 Å². The van der Waals surface area contributed by atoms with Gasteiger partial charge in [0.05, 0.1) is 5.54 Å². The fourth-order valence-corrected chi connectivity index (χ4v) is 2.30. The molecule has 0 aromatic carbocycles. The minimum absolute atomic E-state index is 0.0417. The van der Waals surface area contributed by atoms with Crippen molar-refractivity contribution >= 4 is 17.7 Å². The van der Waals surface area contributed by atoms with Crippen LogP contribution in [0.25, 0.3) is 0 Å². The smallest absolute Gasteiger partial charge is 0.239 e. The highest BCUT2D eigenvalue weighted by Gasteiger charge is 2.25. The van der Waals surface area contributed by atoms with Gasteiger partial charge in [-0.3, -0.25) is 4.79 Å². The molecule has 0 aromatic heterocycles. The van der Waals surface area contributed by atoms with Gasteiger partial charge in [-0.2, -0.15) is 11.8 Å². The number of hydrogen-bond donors (Lipinski definition) is 2. The number of carbonyl (C=O) groups excluding carboxylic acids is 1. The van der Waals surface area contributed by atoms with E-state index >= 15 is 0 Å². The molecule has 0 aromatic rings. The van der Waals surface area contributed by atoms with Crippen LogP contribution in [0.3, 0.4) is 0 Å². The Balaban J connectivity index is 2.35. The Morgan fingerprint density at radius 2 is 2.31 bits per heavy atom. The largest absolute Gasteiger partial charge is 0.351 e. The monoisotopic (exact) mass is 202 g/mol. The zero-order valence-electron chi connectivity index (χ0n) is 8.30. The summed E-state index contributed by atoms with van der Waals surface area (Å²) in [5, 5.41) is 2.97. The predicted octanol–water partition coefficient (Wildman–Crippen LogP) is 0.735. The van der Waals surface area contributed by atoms with E-state index in [1.54, 1.807) is 13.8 Å². The molecule has 1 aliphatic rings. The van der Waals surface area contributed by atoms with Crippen LogP contribution in [0.15, 0.2) is 0 Å². The highest BCUT2D eigenvalue weighted by Crippen LogP contribution is 2.17. The summed E-state index contributed by atoms with van der Waals surface area (Å²) in [6.45, 7) is 3.47. The SMILES string of the molecule is CC(C)(N)C(=O)NC1CCCSC1. The predicted molar refractivity (Wildman–Crippen MR) is 56.8 cm³/mol. The van der Waals surface area contributed by atoms with Gasteiger partial charge in [-0.05, 0) is 32.4 Å². The van der Waals surface area contributed by atoms with Gasteiger partial charge in [-0.1, -0.05) is 0 Å². The molecule has 1 aliphatic heterocycles. The number of rotatable bonds is 2. The lowest BCUT2D eigenvalue weighted by atomic mass is 10.1. The molecule has 0 aliphatic carbocycles. The summed E-state index contributed by atoms with van der Waals surface area (Å²) >= 11 is 1.90. The Bertz CT molecular complexity index is 183. The van der Waals surface area contributed by atoms with Crippen molar-refractivity contribution < 1.29 is 4.79 Å². The maximum atomic E-state index is 11.5. The van der Waals surface area contributed by atoms with Crippen molar-refractivity contribution in [2.75, 3.05) is 11.5 Å². The number of thioether (sulfide) groups is 1. The first-order valence-corrected chi connectivity index (χ1v) is 5.83. The van der Waals surface area contributed by atoms with Gasteiger partial charge in [0, 0.05) is 11.8 Å². The lowest BCUT2D eigenvalue weighted by Gasteiger charge is -2.26. The second-order valence-electron chi connectivity index (χ2n) is 4.11. The minimum Gasteiger partial charge on any atom is -0.351 e. The van der Waals surface area contributed by atoms with Gasteiger partial charge < -0.3 is 11.1 Å². The van der Waals surface area contributed by atoms with Gasteiger partial charge in [-0.15, -0.1) is 0 Å². The number of nitrogens with one attached hydrogen (secondary N) is 1. The third kappa shape index (κ3) is 3.56. The number of nitrogens with two attached hydrogens (primary N) is 1. The minimum atomic E-state index is -0.748. The molecule has 3 nitrogen and oxygen atoms in total. The number of carbonyl (C=O) groups is 1. The van der Waals surface area contributed by atoms with Crippen molar-refractivity contribution in [1.82, 2.24) is 5.32 Å². The molecule has 0 radical (unpaired) electrons. The molecule has 1 unspecified atom stereocenters. The summed E-state index contributed by atoms with van der Waals surface area (Å²) in [4.78, 5) is 11.5. The van der Waals surface area contributed by atoms with Gasteiger partial charge in [0.15, 0.2) is 0 Å². The van der Waals surface area contributed by atoms with E-state index in [0.29, 0.717) is 6.04 Å². The molecule has 0 spiro atoms. The summed E-state index contributed by atoms with van der Waals surface area (Å²) in [6, 6.07) is 0.328. The fraction of sp³-hybridized carbons (Fsp3) is 0.889. The summed E-state index contributed by atoms with van der Waals surface area (Å²) in [5.74, 6) is 2.21. The molecule has 3 N–H and O–H groups in total. The lowest BCUT2D eigenvalue weighted by molar-refractivity contribution is -0.125. The quantitative estimate of drug-likeness (QED) is 0.694. The van der Waals surface area contributed by atoms with Crippen LogP contribution in [0.2, 0.25) is 0 Å². The highest BCUT2D eigenvalue weighted by atomic mass is 32.2. The number of amides is 1. The molecular formula is C9H18N2OS. The fourth-order valence-electron chi connectivity index (χ4n) is 1.23. The van der Waals surface area contributed by atoms with Gasteiger partial charge >= 0.3 is 0 Å². The Kier molecular flexibility index (Phi) is 3.62. The van der Waals surface area contributed by atoms with E-state index in [0.717, 1.165) is 12.2 Å². The summed E-state index contributed by atoms with van der Waals surface area (Å²) in [7, 11) is 0. The average Bonchev–Trinajstić information content (AvgIpc) is 2.04. The summed E-state index contributed by atoms with van der Waals surface area (Å²) in [6.07, 6.45) is 2.29. The van der Waals surface area contributed by atoms with Crippen LogP contribution in [-0.2, 0) is 4.79 Å². The Morgan fingerprint density at radius 1 is 1.62 bits per heavy atom. The van der Waals surface area contributed by atoms with Crippen LogP contribution in [0, 0.1) is 0 Å². The summed E-state index contributed by atoms with van der Waals surface area (Å²) < 4.78 is 0. The first kappa shape index (κ1) is 10.9. The molecule has 0 bridgehead atoms. The average molecular weight is 202 g/mol.